The molecule has 1 fully saturated rings. The molecule has 1 saturated carbocycles. The summed E-state index contributed by atoms with van der Waals surface area (Å²) in [5.74, 6) is 1.03. The van der Waals surface area contributed by atoms with Gasteiger partial charge in [-0.2, -0.15) is 0 Å². The summed E-state index contributed by atoms with van der Waals surface area (Å²) in [5.41, 5.74) is 1.49. The third kappa shape index (κ3) is 4.25. The lowest BCUT2D eigenvalue weighted by atomic mass is 10.0. The van der Waals surface area contributed by atoms with Crippen molar-refractivity contribution in [3.05, 3.63) is 33.4 Å². The molecule has 2 rings (SSSR count). The van der Waals surface area contributed by atoms with Gasteiger partial charge >= 0.3 is 0 Å². The summed E-state index contributed by atoms with van der Waals surface area (Å²) in [6, 6.07) is 9.34. The quantitative estimate of drug-likeness (QED) is 0.718. The monoisotopic (exact) mass is 343 g/mol. The van der Waals surface area contributed by atoms with Crippen LogP contribution in [0, 0.1) is 9.49 Å². The van der Waals surface area contributed by atoms with Crippen LogP contribution in [0.25, 0.3) is 0 Å². The van der Waals surface area contributed by atoms with Crippen LogP contribution in [0.4, 0.5) is 0 Å². The molecule has 1 aromatic rings. The Morgan fingerprint density at radius 1 is 1.35 bits per heavy atom. The zero-order chi connectivity index (χ0) is 12.1. The highest BCUT2D eigenvalue weighted by Gasteiger charge is 2.23. The van der Waals surface area contributed by atoms with E-state index in [0.717, 1.165) is 12.5 Å². The van der Waals surface area contributed by atoms with Gasteiger partial charge in [0.25, 0.3) is 0 Å². The van der Waals surface area contributed by atoms with Crippen LogP contribution in [0.1, 0.15) is 50.6 Å². The molecule has 1 atom stereocenters. The molecule has 1 nitrogen and oxygen atoms in total. The van der Waals surface area contributed by atoms with Crippen molar-refractivity contribution in [3.63, 3.8) is 0 Å². The smallest absolute Gasteiger partial charge is 0.0330 e. The van der Waals surface area contributed by atoms with Gasteiger partial charge in [0.05, 0.1) is 0 Å². The summed E-state index contributed by atoms with van der Waals surface area (Å²) in [4.78, 5) is 0. The van der Waals surface area contributed by atoms with Gasteiger partial charge in [0.15, 0.2) is 0 Å². The maximum absolute atomic E-state index is 3.70. The standard InChI is InChI=1S/C15H22IN/c1-2-11-17-15(10-9-12-7-8-12)13-5-3-4-6-14(13)16/h3-6,12,15,17H,2,7-11H2,1H3. The van der Waals surface area contributed by atoms with Gasteiger partial charge in [-0.1, -0.05) is 38.0 Å². The van der Waals surface area contributed by atoms with Gasteiger partial charge in [-0.25, -0.2) is 0 Å². The second-order valence-electron chi connectivity index (χ2n) is 5.05. The first-order chi connectivity index (χ1) is 8.31. The Morgan fingerprint density at radius 2 is 2.12 bits per heavy atom. The number of rotatable bonds is 7. The highest BCUT2D eigenvalue weighted by atomic mass is 127. The lowest BCUT2D eigenvalue weighted by Gasteiger charge is -2.20. The van der Waals surface area contributed by atoms with Gasteiger partial charge < -0.3 is 5.32 Å². The molecule has 0 spiro atoms. The first-order valence-electron chi connectivity index (χ1n) is 6.79. The van der Waals surface area contributed by atoms with Crippen LogP contribution < -0.4 is 5.32 Å². The van der Waals surface area contributed by atoms with Gasteiger partial charge in [0, 0.05) is 9.61 Å². The number of benzene rings is 1. The molecule has 0 heterocycles. The maximum Gasteiger partial charge on any atom is 0.0330 e. The molecule has 0 radical (unpaired) electrons. The Balaban J connectivity index is 1.99. The molecule has 2 heteroatoms. The molecule has 94 valence electrons. The van der Waals surface area contributed by atoms with E-state index in [0.29, 0.717) is 6.04 Å². The van der Waals surface area contributed by atoms with E-state index in [1.54, 1.807) is 0 Å². The molecular weight excluding hydrogens is 321 g/mol. The fourth-order valence-corrected chi connectivity index (χ4v) is 3.02. The molecular formula is C15H22IN. The van der Waals surface area contributed by atoms with Gasteiger partial charge in [-0.3, -0.25) is 0 Å². The molecule has 0 saturated heterocycles. The van der Waals surface area contributed by atoms with Gasteiger partial charge in [-0.05, 0) is 65.9 Å². The van der Waals surface area contributed by atoms with Crippen LogP contribution >= 0.6 is 22.6 Å². The summed E-state index contributed by atoms with van der Waals surface area (Å²) in [6.45, 7) is 3.36. The van der Waals surface area contributed by atoms with Crippen LogP contribution in [0.2, 0.25) is 0 Å². The molecule has 0 amide bonds. The van der Waals surface area contributed by atoms with Crippen molar-refractivity contribution in [1.82, 2.24) is 5.32 Å². The normalized spacial score (nSPS) is 17.1. The third-order valence-corrected chi connectivity index (χ3v) is 4.46. The average Bonchev–Trinajstić information content (AvgIpc) is 3.15. The Kier molecular flexibility index (Phi) is 5.29. The zero-order valence-corrected chi connectivity index (χ0v) is 12.7. The largest absolute Gasteiger partial charge is 0.310 e. The minimum atomic E-state index is 0.559. The number of hydrogen-bond acceptors (Lipinski definition) is 1. The van der Waals surface area contributed by atoms with Crippen LogP contribution in [0.5, 0.6) is 0 Å². The van der Waals surface area contributed by atoms with Crippen molar-refractivity contribution < 1.29 is 0 Å². The van der Waals surface area contributed by atoms with E-state index in [4.69, 9.17) is 0 Å². The molecule has 1 aliphatic carbocycles. The van der Waals surface area contributed by atoms with E-state index in [2.05, 4.69) is 59.1 Å². The first-order valence-corrected chi connectivity index (χ1v) is 7.87. The molecule has 1 aliphatic rings. The number of halogens is 1. The predicted molar refractivity (Wildman–Crippen MR) is 82.2 cm³/mol. The lowest BCUT2D eigenvalue weighted by Crippen LogP contribution is -2.23. The van der Waals surface area contributed by atoms with Gasteiger partial charge in [0.2, 0.25) is 0 Å². The second kappa shape index (κ2) is 6.74. The van der Waals surface area contributed by atoms with Crippen molar-refractivity contribution in [3.8, 4) is 0 Å². The highest BCUT2D eigenvalue weighted by Crippen LogP contribution is 2.36. The minimum absolute atomic E-state index is 0.559. The van der Waals surface area contributed by atoms with E-state index in [-0.39, 0.29) is 0 Å². The fraction of sp³-hybridized carbons (Fsp3) is 0.600. The second-order valence-corrected chi connectivity index (χ2v) is 6.21. The molecule has 1 aromatic carbocycles. The predicted octanol–water partition coefficient (Wildman–Crippen LogP) is 4.52. The molecule has 0 bridgehead atoms. The van der Waals surface area contributed by atoms with Crippen LogP contribution in [0.3, 0.4) is 0 Å². The summed E-state index contributed by atoms with van der Waals surface area (Å²) in [7, 11) is 0. The SMILES string of the molecule is CCCNC(CCC1CC1)c1ccccc1I. The summed E-state index contributed by atoms with van der Waals surface area (Å²) >= 11 is 2.46. The van der Waals surface area contributed by atoms with E-state index >= 15 is 0 Å². The molecule has 0 aliphatic heterocycles. The molecule has 17 heavy (non-hydrogen) atoms. The van der Waals surface area contributed by atoms with E-state index in [1.165, 1.54) is 41.2 Å². The minimum Gasteiger partial charge on any atom is -0.310 e. The van der Waals surface area contributed by atoms with Crippen molar-refractivity contribution >= 4 is 22.6 Å². The molecule has 0 aromatic heterocycles. The fourth-order valence-electron chi connectivity index (χ4n) is 2.25. The topological polar surface area (TPSA) is 12.0 Å². The molecule has 1 N–H and O–H groups in total. The first kappa shape index (κ1) is 13.3. The van der Waals surface area contributed by atoms with Crippen LogP contribution in [-0.4, -0.2) is 6.54 Å². The summed E-state index contributed by atoms with van der Waals surface area (Å²) in [6.07, 6.45) is 6.83. The Labute approximate surface area is 119 Å². The highest BCUT2D eigenvalue weighted by molar-refractivity contribution is 14.1. The van der Waals surface area contributed by atoms with Gasteiger partial charge in [0.1, 0.15) is 0 Å². The van der Waals surface area contributed by atoms with Crippen molar-refractivity contribution in [1.29, 1.82) is 0 Å². The Bertz CT molecular complexity index is 347. The van der Waals surface area contributed by atoms with Gasteiger partial charge in [-0.15, -0.1) is 0 Å². The van der Waals surface area contributed by atoms with E-state index in [1.807, 2.05) is 0 Å². The third-order valence-electron chi connectivity index (χ3n) is 3.48. The average molecular weight is 343 g/mol. The number of hydrogen-bond donors (Lipinski definition) is 1. The van der Waals surface area contributed by atoms with Crippen molar-refractivity contribution in [2.75, 3.05) is 6.54 Å². The van der Waals surface area contributed by atoms with E-state index < -0.39 is 0 Å². The Morgan fingerprint density at radius 3 is 2.76 bits per heavy atom. The molecule has 1 unspecified atom stereocenters. The van der Waals surface area contributed by atoms with Crippen LogP contribution in [-0.2, 0) is 0 Å². The number of nitrogens with one attached hydrogen (secondary N) is 1. The maximum atomic E-state index is 3.70. The van der Waals surface area contributed by atoms with Crippen molar-refractivity contribution in [2.45, 2.75) is 45.1 Å². The summed E-state index contributed by atoms with van der Waals surface area (Å²) in [5, 5.41) is 3.70. The summed E-state index contributed by atoms with van der Waals surface area (Å²) < 4.78 is 1.40. The zero-order valence-electron chi connectivity index (χ0n) is 10.6. The Hall–Kier alpha value is -0.0900. The van der Waals surface area contributed by atoms with Crippen molar-refractivity contribution in [2.24, 2.45) is 5.92 Å². The lowest BCUT2D eigenvalue weighted by molar-refractivity contribution is 0.468. The van der Waals surface area contributed by atoms with E-state index in [9.17, 15) is 0 Å². The van der Waals surface area contributed by atoms with Crippen LogP contribution in [0.15, 0.2) is 24.3 Å².